The molecule has 0 bridgehead atoms. The first-order chi connectivity index (χ1) is 13.2. The first-order valence-corrected chi connectivity index (χ1v) is 11.5. The SMILES string of the molecule is C=C(c1nc(N=S(C)(=O)C(C)C)cc(N2CCOC[C@H]2C)n1)c1cc[nH]c1C. The second kappa shape index (κ2) is 8.05. The quantitative estimate of drug-likeness (QED) is 0.826. The number of hydrogen-bond acceptors (Lipinski definition) is 6. The van der Waals surface area contributed by atoms with Crippen molar-refractivity contribution in [2.45, 2.75) is 39.0 Å². The van der Waals surface area contributed by atoms with Crippen LogP contribution in [0.25, 0.3) is 5.57 Å². The third-order valence-corrected chi connectivity index (χ3v) is 7.36. The number of hydrogen-bond donors (Lipinski definition) is 1. The highest BCUT2D eigenvalue weighted by Crippen LogP contribution is 2.28. The number of aromatic amines is 1. The number of rotatable bonds is 5. The zero-order valence-electron chi connectivity index (χ0n) is 17.2. The summed E-state index contributed by atoms with van der Waals surface area (Å²) in [5.74, 6) is 1.68. The van der Waals surface area contributed by atoms with Crippen molar-refractivity contribution in [1.29, 1.82) is 0 Å². The molecule has 2 aromatic heterocycles. The summed E-state index contributed by atoms with van der Waals surface area (Å²) in [5.41, 5.74) is 2.67. The van der Waals surface area contributed by atoms with Gasteiger partial charge in [-0.1, -0.05) is 20.4 Å². The van der Waals surface area contributed by atoms with Gasteiger partial charge in [-0.25, -0.2) is 14.2 Å². The van der Waals surface area contributed by atoms with Crippen molar-refractivity contribution in [3.8, 4) is 0 Å². The standard InChI is InChI=1S/C20H29N5O2S/c1-13(2)28(6,26)24-18-11-19(25-9-10-27-12-14(25)3)23-20(22-18)15(4)17-7-8-21-16(17)5/h7-8,11,13-14,21H,4,9-10,12H2,1-3,5-6H3/t14-,28?/m1/s1. The van der Waals surface area contributed by atoms with Crippen LogP contribution in [0.15, 0.2) is 29.3 Å². The van der Waals surface area contributed by atoms with Crippen LogP contribution in [-0.2, 0) is 14.5 Å². The first-order valence-electron chi connectivity index (χ1n) is 9.47. The maximum atomic E-state index is 12.9. The molecule has 8 heteroatoms. The van der Waals surface area contributed by atoms with E-state index in [1.54, 1.807) is 6.26 Å². The molecule has 152 valence electrons. The number of ether oxygens (including phenoxy) is 1. The van der Waals surface area contributed by atoms with Crippen LogP contribution in [0.5, 0.6) is 0 Å². The molecule has 3 rings (SSSR count). The van der Waals surface area contributed by atoms with E-state index in [9.17, 15) is 4.21 Å². The lowest BCUT2D eigenvalue weighted by atomic mass is 10.1. The van der Waals surface area contributed by atoms with E-state index in [2.05, 4.69) is 32.7 Å². The minimum Gasteiger partial charge on any atom is -0.377 e. The Kier molecular flexibility index (Phi) is 5.90. The normalized spacial score (nSPS) is 19.5. The van der Waals surface area contributed by atoms with E-state index in [0.29, 0.717) is 30.4 Å². The molecule has 1 N–H and O–H groups in total. The average molecular weight is 404 g/mol. The van der Waals surface area contributed by atoms with E-state index in [1.807, 2.05) is 39.1 Å². The molecule has 7 nitrogen and oxygen atoms in total. The fourth-order valence-corrected chi connectivity index (χ4v) is 3.69. The summed E-state index contributed by atoms with van der Waals surface area (Å²) in [5, 5.41) is -0.0770. The molecule has 1 aliphatic rings. The predicted octanol–water partition coefficient (Wildman–Crippen LogP) is 3.54. The minimum atomic E-state index is -2.41. The summed E-state index contributed by atoms with van der Waals surface area (Å²) in [6.45, 7) is 14.1. The largest absolute Gasteiger partial charge is 0.377 e. The summed E-state index contributed by atoms with van der Waals surface area (Å²) in [7, 11) is -2.41. The van der Waals surface area contributed by atoms with Crippen LogP contribution in [0.4, 0.5) is 11.6 Å². The van der Waals surface area contributed by atoms with E-state index in [1.165, 1.54) is 0 Å². The summed E-state index contributed by atoms with van der Waals surface area (Å²) < 4.78 is 22.9. The average Bonchev–Trinajstić information content (AvgIpc) is 3.06. The third-order valence-electron chi connectivity index (χ3n) is 5.06. The van der Waals surface area contributed by atoms with Gasteiger partial charge in [-0.15, -0.1) is 0 Å². The van der Waals surface area contributed by atoms with Gasteiger partial charge >= 0.3 is 0 Å². The third kappa shape index (κ3) is 4.28. The predicted molar refractivity (Wildman–Crippen MR) is 115 cm³/mol. The Hall–Kier alpha value is -2.19. The van der Waals surface area contributed by atoms with Crippen molar-refractivity contribution in [3.63, 3.8) is 0 Å². The van der Waals surface area contributed by atoms with Crippen LogP contribution < -0.4 is 4.90 Å². The highest BCUT2D eigenvalue weighted by molar-refractivity contribution is 7.93. The van der Waals surface area contributed by atoms with E-state index in [4.69, 9.17) is 9.72 Å². The maximum absolute atomic E-state index is 12.9. The van der Waals surface area contributed by atoms with Crippen molar-refractivity contribution in [2.75, 3.05) is 30.9 Å². The number of aryl methyl sites for hydroxylation is 1. The number of nitrogens with zero attached hydrogens (tertiary/aromatic N) is 4. The Labute approximate surface area is 167 Å². The summed E-state index contributed by atoms with van der Waals surface area (Å²) >= 11 is 0. The van der Waals surface area contributed by atoms with Gasteiger partial charge in [-0.05, 0) is 19.9 Å². The molecule has 1 saturated heterocycles. The van der Waals surface area contributed by atoms with Gasteiger partial charge in [0.15, 0.2) is 11.6 Å². The Bertz CT molecular complexity index is 988. The van der Waals surface area contributed by atoms with E-state index >= 15 is 0 Å². The molecule has 1 fully saturated rings. The van der Waals surface area contributed by atoms with Crippen molar-refractivity contribution >= 4 is 26.9 Å². The summed E-state index contributed by atoms with van der Waals surface area (Å²) in [6.07, 6.45) is 3.54. The zero-order chi connectivity index (χ0) is 20.5. The lowest BCUT2D eigenvalue weighted by molar-refractivity contribution is 0.0985. The van der Waals surface area contributed by atoms with Crippen LogP contribution in [0.2, 0.25) is 0 Å². The zero-order valence-corrected chi connectivity index (χ0v) is 18.0. The molecule has 1 aliphatic heterocycles. The molecule has 1 unspecified atom stereocenters. The van der Waals surface area contributed by atoms with Gasteiger partial charge in [-0.2, -0.15) is 4.36 Å². The molecule has 0 radical (unpaired) electrons. The van der Waals surface area contributed by atoms with Gasteiger partial charge in [0.05, 0.1) is 29.0 Å². The van der Waals surface area contributed by atoms with E-state index < -0.39 is 9.73 Å². The van der Waals surface area contributed by atoms with Crippen molar-refractivity contribution < 1.29 is 8.95 Å². The molecular formula is C20H29N5O2S. The summed E-state index contributed by atoms with van der Waals surface area (Å²) in [6, 6.07) is 3.95. The van der Waals surface area contributed by atoms with Gasteiger partial charge < -0.3 is 14.6 Å². The second-order valence-electron chi connectivity index (χ2n) is 7.52. The molecule has 0 saturated carbocycles. The molecule has 28 heavy (non-hydrogen) atoms. The lowest BCUT2D eigenvalue weighted by Crippen LogP contribution is -2.44. The number of H-pyrrole nitrogens is 1. The van der Waals surface area contributed by atoms with Gasteiger partial charge in [0, 0.05) is 47.1 Å². The Morgan fingerprint density at radius 3 is 2.82 bits per heavy atom. The smallest absolute Gasteiger partial charge is 0.167 e. The second-order valence-corrected chi connectivity index (χ2v) is 10.4. The Balaban J connectivity index is 2.12. The molecule has 0 aliphatic carbocycles. The minimum absolute atomic E-state index is 0.0770. The fraction of sp³-hybridized carbons (Fsp3) is 0.500. The maximum Gasteiger partial charge on any atom is 0.167 e. The van der Waals surface area contributed by atoms with Gasteiger partial charge in [0.1, 0.15) is 5.82 Å². The highest BCUT2D eigenvalue weighted by atomic mass is 32.2. The van der Waals surface area contributed by atoms with Crippen molar-refractivity contribution in [3.05, 3.63) is 42.0 Å². The number of anilines is 1. The monoisotopic (exact) mass is 403 g/mol. The molecule has 0 spiro atoms. The first kappa shape index (κ1) is 20.5. The van der Waals surface area contributed by atoms with Gasteiger partial charge in [-0.3, -0.25) is 0 Å². The molecule has 0 amide bonds. The highest BCUT2D eigenvalue weighted by Gasteiger charge is 2.23. The molecular weight excluding hydrogens is 374 g/mol. The van der Waals surface area contributed by atoms with Crippen molar-refractivity contribution in [2.24, 2.45) is 4.36 Å². The van der Waals surface area contributed by atoms with Crippen LogP contribution in [0.1, 0.15) is 37.9 Å². The van der Waals surface area contributed by atoms with Crippen LogP contribution in [-0.4, -0.2) is 56.5 Å². The van der Waals surface area contributed by atoms with Crippen LogP contribution >= 0.6 is 0 Å². The molecule has 0 aromatic carbocycles. The van der Waals surface area contributed by atoms with Crippen LogP contribution in [0, 0.1) is 6.92 Å². The topological polar surface area (TPSA) is 83.5 Å². The molecule has 2 aromatic rings. The summed E-state index contributed by atoms with van der Waals surface area (Å²) in [4.78, 5) is 14.7. The lowest BCUT2D eigenvalue weighted by Gasteiger charge is -2.34. The fourth-order valence-electron chi connectivity index (χ4n) is 3.01. The molecule has 3 heterocycles. The number of morpholine rings is 1. The van der Waals surface area contributed by atoms with E-state index in [0.717, 1.165) is 23.6 Å². The number of aromatic nitrogens is 3. The van der Waals surface area contributed by atoms with Crippen LogP contribution in [0.3, 0.4) is 0 Å². The van der Waals surface area contributed by atoms with Crippen molar-refractivity contribution in [1.82, 2.24) is 15.0 Å². The Morgan fingerprint density at radius 1 is 1.46 bits per heavy atom. The van der Waals surface area contributed by atoms with E-state index in [-0.39, 0.29) is 11.3 Å². The number of nitrogens with one attached hydrogen (secondary N) is 1. The Morgan fingerprint density at radius 2 is 2.21 bits per heavy atom. The molecule has 2 atom stereocenters. The van der Waals surface area contributed by atoms with Gasteiger partial charge in [0.25, 0.3) is 0 Å². The van der Waals surface area contributed by atoms with Gasteiger partial charge in [0.2, 0.25) is 0 Å².